The second-order valence-corrected chi connectivity index (χ2v) is 7.25. The fourth-order valence-electron chi connectivity index (χ4n) is 2.78. The Bertz CT molecular complexity index is 812. The van der Waals surface area contributed by atoms with Crippen LogP contribution in [0.1, 0.15) is 48.0 Å². The Balaban J connectivity index is 2.16. The number of amides is 2. The van der Waals surface area contributed by atoms with Crippen LogP contribution in [-0.4, -0.2) is 37.2 Å². The van der Waals surface area contributed by atoms with E-state index in [1.165, 1.54) is 7.11 Å². The van der Waals surface area contributed by atoms with Crippen molar-refractivity contribution in [2.75, 3.05) is 19.4 Å². The number of rotatable bonds is 8. The van der Waals surface area contributed by atoms with Crippen molar-refractivity contribution in [1.29, 1.82) is 5.26 Å². The Morgan fingerprint density at radius 1 is 1.36 bits per heavy atom. The number of benzene rings is 1. The normalized spacial score (nSPS) is 16.2. The summed E-state index contributed by atoms with van der Waals surface area (Å²) in [6.07, 6.45) is 2.03. The molecule has 0 bridgehead atoms. The summed E-state index contributed by atoms with van der Waals surface area (Å²) in [5.74, 6) is -1.10. The van der Waals surface area contributed by atoms with Crippen LogP contribution < -0.4 is 10.6 Å². The minimum Gasteiger partial charge on any atom is -0.465 e. The summed E-state index contributed by atoms with van der Waals surface area (Å²) in [5, 5.41) is 15.6. The third kappa shape index (κ3) is 5.60. The summed E-state index contributed by atoms with van der Waals surface area (Å²) in [6.45, 7) is 2.65. The monoisotopic (exact) mass is 401 g/mol. The van der Waals surface area contributed by atoms with Crippen LogP contribution in [0.2, 0.25) is 0 Å². The number of carbonyl (C=O) groups excluding carboxylic acids is 3. The standard InChI is InChI=1S/C20H23N3O4S/c1-3-4-9-22-18(25)12-28-19-16(11-21)15(10-17(24)23-19)13-5-7-14(8-6-13)20(26)27-2/h5-8,15H,3-4,9-10,12H2,1-2H3,(H,22,25)(H,23,24)/t15-/m0/s1. The molecule has 1 aliphatic heterocycles. The molecule has 1 aliphatic rings. The van der Waals surface area contributed by atoms with Gasteiger partial charge >= 0.3 is 5.97 Å². The largest absolute Gasteiger partial charge is 0.465 e. The van der Waals surface area contributed by atoms with Gasteiger partial charge in [-0.1, -0.05) is 37.2 Å². The van der Waals surface area contributed by atoms with Gasteiger partial charge in [0.2, 0.25) is 11.8 Å². The van der Waals surface area contributed by atoms with Crippen LogP contribution >= 0.6 is 11.8 Å². The molecule has 0 unspecified atom stereocenters. The molecule has 1 aromatic rings. The van der Waals surface area contributed by atoms with E-state index >= 15 is 0 Å². The number of nitriles is 1. The van der Waals surface area contributed by atoms with Crippen LogP contribution in [0.5, 0.6) is 0 Å². The van der Waals surface area contributed by atoms with Crippen molar-refractivity contribution >= 4 is 29.5 Å². The van der Waals surface area contributed by atoms with Gasteiger partial charge in [-0.05, 0) is 24.1 Å². The molecular weight excluding hydrogens is 378 g/mol. The zero-order chi connectivity index (χ0) is 20.5. The van der Waals surface area contributed by atoms with E-state index in [1.54, 1.807) is 24.3 Å². The van der Waals surface area contributed by atoms with Gasteiger partial charge in [0.05, 0.1) is 35.1 Å². The number of esters is 1. The quantitative estimate of drug-likeness (QED) is 0.512. The Kier molecular flexibility index (Phi) is 8.08. The van der Waals surface area contributed by atoms with Gasteiger partial charge in [0.25, 0.3) is 0 Å². The molecule has 1 aromatic carbocycles. The highest BCUT2D eigenvalue weighted by molar-refractivity contribution is 8.03. The van der Waals surface area contributed by atoms with Gasteiger partial charge in [-0.15, -0.1) is 0 Å². The molecule has 0 radical (unpaired) electrons. The third-order valence-electron chi connectivity index (χ3n) is 4.29. The van der Waals surface area contributed by atoms with E-state index in [9.17, 15) is 19.6 Å². The Morgan fingerprint density at radius 3 is 2.68 bits per heavy atom. The first kappa shape index (κ1) is 21.5. The first-order valence-corrected chi connectivity index (χ1v) is 10.0. The summed E-state index contributed by atoms with van der Waals surface area (Å²) < 4.78 is 4.68. The van der Waals surface area contributed by atoms with Crippen molar-refractivity contribution in [2.24, 2.45) is 0 Å². The van der Waals surface area contributed by atoms with Crippen molar-refractivity contribution in [3.63, 3.8) is 0 Å². The average Bonchev–Trinajstić information content (AvgIpc) is 2.71. The number of thioether (sulfide) groups is 1. The summed E-state index contributed by atoms with van der Waals surface area (Å²) in [7, 11) is 1.31. The van der Waals surface area contributed by atoms with Gasteiger partial charge in [0.1, 0.15) is 0 Å². The Labute approximate surface area is 168 Å². The second kappa shape index (κ2) is 10.5. The van der Waals surface area contributed by atoms with E-state index in [2.05, 4.69) is 21.4 Å². The molecule has 0 saturated heterocycles. The molecule has 1 atom stereocenters. The number of hydrogen-bond acceptors (Lipinski definition) is 6. The SMILES string of the molecule is CCCCNC(=O)CSC1=C(C#N)[C@H](c2ccc(C(=O)OC)cc2)CC(=O)N1. The summed E-state index contributed by atoms with van der Waals surface area (Å²) in [5.41, 5.74) is 1.56. The lowest BCUT2D eigenvalue weighted by Crippen LogP contribution is -2.32. The van der Waals surface area contributed by atoms with Gasteiger partial charge in [-0.2, -0.15) is 5.26 Å². The summed E-state index contributed by atoms with van der Waals surface area (Å²) in [4.78, 5) is 35.7. The lowest BCUT2D eigenvalue weighted by Gasteiger charge is -2.25. The third-order valence-corrected chi connectivity index (χ3v) is 5.31. The first-order chi connectivity index (χ1) is 13.5. The molecule has 0 aliphatic carbocycles. The molecule has 1 heterocycles. The van der Waals surface area contributed by atoms with E-state index in [0.29, 0.717) is 22.7 Å². The number of methoxy groups -OCH3 is 1. The average molecular weight is 401 g/mol. The maximum atomic E-state index is 12.2. The molecule has 28 heavy (non-hydrogen) atoms. The van der Waals surface area contributed by atoms with Crippen molar-refractivity contribution in [3.8, 4) is 6.07 Å². The van der Waals surface area contributed by atoms with E-state index in [1.807, 2.05) is 6.92 Å². The van der Waals surface area contributed by atoms with Gasteiger partial charge < -0.3 is 15.4 Å². The van der Waals surface area contributed by atoms with E-state index in [-0.39, 0.29) is 24.0 Å². The van der Waals surface area contributed by atoms with Crippen LogP contribution in [0.25, 0.3) is 0 Å². The van der Waals surface area contributed by atoms with E-state index in [0.717, 1.165) is 30.2 Å². The number of unbranched alkanes of at least 4 members (excludes halogenated alkanes) is 1. The van der Waals surface area contributed by atoms with Crippen LogP contribution in [0, 0.1) is 11.3 Å². The number of allylic oxidation sites excluding steroid dienone is 1. The maximum Gasteiger partial charge on any atom is 0.337 e. The topological polar surface area (TPSA) is 108 Å². The van der Waals surface area contributed by atoms with E-state index in [4.69, 9.17) is 0 Å². The van der Waals surface area contributed by atoms with Crippen LogP contribution in [0.4, 0.5) is 0 Å². The summed E-state index contributed by atoms with van der Waals surface area (Å²) >= 11 is 1.15. The minimum atomic E-state index is -0.450. The van der Waals surface area contributed by atoms with Crippen LogP contribution in [-0.2, 0) is 14.3 Å². The summed E-state index contributed by atoms with van der Waals surface area (Å²) in [6, 6.07) is 8.81. The van der Waals surface area contributed by atoms with Crippen LogP contribution in [0.3, 0.4) is 0 Å². The van der Waals surface area contributed by atoms with E-state index < -0.39 is 11.9 Å². The molecule has 148 valence electrons. The van der Waals surface area contributed by atoms with Gasteiger partial charge in [-0.3, -0.25) is 9.59 Å². The Hall–Kier alpha value is -2.79. The number of nitrogens with zero attached hydrogens (tertiary/aromatic N) is 1. The van der Waals surface area contributed by atoms with Gasteiger partial charge in [-0.25, -0.2) is 4.79 Å². The Morgan fingerprint density at radius 2 is 2.07 bits per heavy atom. The molecule has 0 fully saturated rings. The molecule has 8 heteroatoms. The minimum absolute atomic E-state index is 0.124. The molecule has 2 amide bonds. The van der Waals surface area contributed by atoms with Gasteiger partial charge in [0.15, 0.2) is 0 Å². The fraction of sp³-hybridized carbons (Fsp3) is 0.400. The second-order valence-electron chi connectivity index (χ2n) is 6.27. The molecular formula is C20H23N3O4S. The zero-order valence-corrected chi connectivity index (χ0v) is 16.7. The van der Waals surface area contributed by atoms with Crippen molar-refractivity contribution in [1.82, 2.24) is 10.6 Å². The predicted octanol–water partition coefficient (Wildman–Crippen LogP) is 2.46. The molecule has 0 spiro atoms. The molecule has 7 nitrogen and oxygen atoms in total. The first-order valence-electron chi connectivity index (χ1n) is 9.02. The number of ether oxygens (including phenoxy) is 1. The fourth-order valence-corrected chi connectivity index (χ4v) is 3.69. The van der Waals surface area contributed by atoms with Crippen molar-refractivity contribution < 1.29 is 19.1 Å². The zero-order valence-electron chi connectivity index (χ0n) is 15.9. The lowest BCUT2D eigenvalue weighted by molar-refractivity contribution is -0.121. The number of nitrogens with one attached hydrogen (secondary N) is 2. The van der Waals surface area contributed by atoms with Gasteiger partial charge in [0, 0.05) is 18.9 Å². The smallest absolute Gasteiger partial charge is 0.337 e. The highest BCUT2D eigenvalue weighted by Gasteiger charge is 2.30. The molecule has 2 N–H and O–H groups in total. The van der Waals surface area contributed by atoms with Crippen molar-refractivity contribution in [3.05, 3.63) is 46.0 Å². The lowest BCUT2D eigenvalue weighted by atomic mass is 9.87. The van der Waals surface area contributed by atoms with Crippen molar-refractivity contribution in [2.45, 2.75) is 32.1 Å². The highest BCUT2D eigenvalue weighted by atomic mass is 32.2. The highest BCUT2D eigenvalue weighted by Crippen LogP contribution is 2.35. The molecule has 0 aromatic heterocycles. The molecule has 2 rings (SSSR count). The predicted molar refractivity (Wildman–Crippen MR) is 106 cm³/mol. The number of hydrogen-bond donors (Lipinski definition) is 2. The number of carbonyl (C=O) groups is 3. The maximum absolute atomic E-state index is 12.2. The molecule has 0 saturated carbocycles. The van der Waals surface area contributed by atoms with Crippen LogP contribution in [0.15, 0.2) is 34.9 Å².